The van der Waals surface area contributed by atoms with Crippen molar-refractivity contribution in [3.05, 3.63) is 23.0 Å². The molecule has 94 valence electrons. The Morgan fingerprint density at radius 3 is 3.12 bits per heavy atom. The Labute approximate surface area is 108 Å². The molecule has 1 heterocycles. The third-order valence-electron chi connectivity index (χ3n) is 2.87. The summed E-state index contributed by atoms with van der Waals surface area (Å²) in [7, 11) is 0. The van der Waals surface area contributed by atoms with Gasteiger partial charge in [0.05, 0.1) is 16.9 Å². The minimum absolute atomic E-state index is 0.741. The van der Waals surface area contributed by atoms with Crippen molar-refractivity contribution in [3.63, 3.8) is 0 Å². The largest absolute Gasteiger partial charge is 0.314 e. The van der Waals surface area contributed by atoms with Gasteiger partial charge in [0.15, 0.2) is 0 Å². The van der Waals surface area contributed by atoms with Crippen molar-refractivity contribution in [3.8, 4) is 0 Å². The Morgan fingerprint density at radius 1 is 1.59 bits per heavy atom. The van der Waals surface area contributed by atoms with Crippen LogP contribution in [0.2, 0.25) is 5.02 Å². The Bertz CT molecular complexity index is 380. The zero-order valence-electron chi connectivity index (χ0n) is 10.3. The van der Waals surface area contributed by atoms with Gasteiger partial charge in [-0.25, -0.2) is 0 Å². The van der Waals surface area contributed by atoms with Crippen LogP contribution in [0.4, 0.5) is 0 Å². The monoisotopic (exact) mass is 253 g/mol. The highest BCUT2D eigenvalue weighted by Crippen LogP contribution is 2.19. The van der Waals surface area contributed by atoms with Crippen molar-refractivity contribution in [2.75, 3.05) is 6.54 Å². The number of rotatable bonds is 7. The van der Waals surface area contributed by atoms with E-state index in [2.05, 4.69) is 29.5 Å². The number of nitrogens with zero attached hydrogens (tertiary/aromatic N) is 2. The van der Waals surface area contributed by atoms with Crippen LogP contribution in [0.3, 0.4) is 0 Å². The predicted molar refractivity (Wildman–Crippen MR) is 72.2 cm³/mol. The normalized spacial score (nSPS) is 15.9. The van der Waals surface area contributed by atoms with Gasteiger partial charge in [-0.15, -0.1) is 0 Å². The second kappa shape index (κ2) is 6.22. The molecule has 0 unspecified atom stereocenters. The molecule has 1 aromatic rings. The summed E-state index contributed by atoms with van der Waals surface area (Å²) in [5, 5.41) is 8.49. The minimum Gasteiger partial charge on any atom is -0.314 e. The molecule has 1 N–H and O–H groups in total. The third-order valence-corrected chi connectivity index (χ3v) is 3.16. The lowest BCUT2D eigenvalue weighted by Crippen LogP contribution is -2.16. The van der Waals surface area contributed by atoms with Crippen molar-refractivity contribution in [2.45, 2.75) is 45.2 Å². The van der Waals surface area contributed by atoms with Gasteiger partial charge in [-0.3, -0.25) is 4.68 Å². The molecule has 1 fully saturated rings. The van der Waals surface area contributed by atoms with Crippen molar-refractivity contribution in [1.82, 2.24) is 15.1 Å². The van der Waals surface area contributed by atoms with Gasteiger partial charge in [-0.1, -0.05) is 24.6 Å². The van der Waals surface area contributed by atoms with E-state index >= 15 is 0 Å². The van der Waals surface area contributed by atoms with E-state index in [0.717, 1.165) is 42.7 Å². The third kappa shape index (κ3) is 3.86. The molecule has 1 aliphatic rings. The van der Waals surface area contributed by atoms with E-state index in [1.807, 2.05) is 4.68 Å². The Balaban J connectivity index is 1.82. The van der Waals surface area contributed by atoms with E-state index in [0.29, 0.717) is 0 Å². The van der Waals surface area contributed by atoms with Gasteiger partial charge in [0, 0.05) is 12.6 Å². The van der Waals surface area contributed by atoms with E-state index in [-0.39, 0.29) is 0 Å². The molecule has 17 heavy (non-hydrogen) atoms. The summed E-state index contributed by atoms with van der Waals surface area (Å²) in [6, 6.07) is 0.789. The van der Waals surface area contributed by atoms with Gasteiger partial charge < -0.3 is 5.32 Å². The molecular formula is C13H20ClN3. The van der Waals surface area contributed by atoms with Crippen LogP contribution in [0.15, 0.2) is 12.3 Å². The van der Waals surface area contributed by atoms with Crippen LogP contribution >= 0.6 is 11.6 Å². The molecule has 3 nitrogen and oxygen atoms in total. The highest BCUT2D eigenvalue weighted by atomic mass is 35.5. The van der Waals surface area contributed by atoms with Crippen molar-refractivity contribution in [2.24, 2.45) is 0 Å². The fourth-order valence-corrected chi connectivity index (χ4v) is 1.99. The van der Waals surface area contributed by atoms with Crippen molar-refractivity contribution >= 4 is 17.7 Å². The maximum atomic E-state index is 6.10. The second-order valence-corrected chi connectivity index (χ2v) is 4.93. The summed E-state index contributed by atoms with van der Waals surface area (Å²) in [5.74, 6) is 0. The quantitative estimate of drug-likeness (QED) is 0.757. The highest BCUT2D eigenvalue weighted by Gasteiger charge is 2.19. The molecule has 0 radical (unpaired) electrons. The van der Waals surface area contributed by atoms with Crippen LogP contribution in [-0.4, -0.2) is 22.4 Å². The maximum absolute atomic E-state index is 6.10. The smallest absolute Gasteiger partial charge is 0.0859 e. The SMILES string of the molecule is CCCn1ncc(Cl)c1/C=C/CCNC1CC1. The summed E-state index contributed by atoms with van der Waals surface area (Å²) >= 11 is 6.10. The summed E-state index contributed by atoms with van der Waals surface area (Å²) in [5.41, 5.74) is 1.03. The molecule has 0 aliphatic heterocycles. The van der Waals surface area contributed by atoms with Crippen LogP contribution in [0.1, 0.15) is 38.3 Å². The average molecular weight is 254 g/mol. The molecule has 4 heteroatoms. The first-order chi connectivity index (χ1) is 8.31. The highest BCUT2D eigenvalue weighted by molar-refractivity contribution is 6.31. The molecule has 1 saturated carbocycles. The second-order valence-electron chi connectivity index (χ2n) is 4.52. The zero-order chi connectivity index (χ0) is 12.1. The van der Waals surface area contributed by atoms with Crippen LogP contribution in [-0.2, 0) is 6.54 Å². The Hall–Kier alpha value is -0.800. The lowest BCUT2D eigenvalue weighted by Gasteiger charge is -2.02. The van der Waals surface area contributed by atoms with Gasteiger partial charge in [0.25, 0.3) is 0 Å². The molecule has 0 amide bonds. The molecule has 2 rings (SSSR count). The molecule has 1 aromatic heterocycles. The molecule has 1 aliphatic carbocycles. The van der Waals surface area contributed by atoms with E-state index in [1.165, 1.54) is 12.8 Å². The maximum Gasteiger partial charge on any atom is 0.0859 e. The van der Waals surface area contributed by atoms with Crippen LogP contribution in [0.25, 0.3) is 6.08 Å². The number of aryl methyl sites for hydroxylation is 1. The standard InChI is InChI=1S/C13H20ClN3/c1-2-9-17-13(12(14)10-16-17)5-3-4-8-15-11-6-7-11/h3,5,10-11,15H,2,4,6-9H2,1H3/b5-3+. The summed E-state index contributed by atoms with van der Waals surface area (Å²) in [6.45, 7) is 4.12. The van der Waals surface area contributed by atoms with E-state index in [4.69, 9.17) is 11.6 Å². The molecule has 0 atom stereocenters. The lowest BCUT2D eigenvalue weighted by atomic mass is 10.3. The topological polar surface area (TPSA) is 29.9 Å². The lowest BCUT2D eigenvalue weighted by molar-refractivity contribution is 0.598. The van der Waals surface area contributed by atoms with Gasteiger partial charge in [-0.2, -0.15) is 5.10 Å². The first-order valence-electron chi connectivity index (χ1n) is 6.42. The van der Waals surface area contributed by atoms with E-state index in [9.17, 15) is 0 Å². The van der Waals surface area contributed by atoms with Gasteiger partial charge >= 0.3 is 0 Å². The number of aromatic nitrogens is 2. The molecule has 0 aromatic carbocycles. The predicted octanol–water partition coefficient (Wildman–Crippen LogP) is 3.10. The Morgan fingerprint density at radius 2 is 2.41 bits per heavy atom. The van der Waals surface area contributed by atoms with Gasteiger partial charge in [-0.05, 0) is 38.3 Å². The molecule has 0 spiro atoms. The van der Waals surface area contributed by atoms with Crippen LogP contribution < -0.4 is 5.32 Å². The molecular weight excluding hydrogens is 234 g/mol. The zero-order valence-corrected chi connectivity index (χ0v) is 11.1. The summed E-state index contributed by atoms with van der Waals surface area (Å²) in [4.78, 5) is 0. The number of halogens is 1. The van der Waals surface area contributed by atoms with E-state index in [1.54, 1.807) is 6.20 Å². The number of hydrogen-bond acceptors (Lipinski definition) is 2. The summed E-state index contributed by atoms with van der Waals surface area (Å²) in [6.07, 6.45) is 10.8. The number of hydrogen-bond donors (Lipinski definition) is 1. The molecule has 0 saturated heterocycles. The van der Waals surface area contributed by atoms with Gasteiger partial charge in [0.1, 0.15) is 0 Å². The van der Waals surface area contributed by atoms with Gasteiger partial charge in [0.2, 0.25) is 0 Å². The van der Waals surface area contributed by atoms with Crippen molar-refractivity contribution in [1.29, 1.82) is 0 Å². The first-order valence-corrected chi connectivity index (χ1v) is 6.80. The Kier molecular flexibility index (Phi) is 4.63. The van der Waals surface area contributed by atoms with Crippen LogP contribution in [0, 0.1) is 0 Å². The average Bonchev–Trinajstić information content (AvgIpc) is 3.07. The fraction of sp³-hybridized carbons (Fsp3) is 0.615. The van der Waals surface area contributed by atoms with E-state index < -0.39 is 0 Å². The first kappa shape index (κ1) is 12.7. The van der Waals surface area contributed by atoms with Crippen LogP contribution in [0.5, 0.6) is 0 Å². The minimum atomic E-state index is 0.741. The fourth-order valence-electron chi connectivity index (χ4n) is 1.78. The van der Waals surface area contributed by atoms with Crippen molar-refractivity contribution < 1.29 is 0 Å². The summed E-state index contributed by atoms with van der Waals surface area (Å²) < 4.78 is 1.97. The molecule has 0 bridgehead atoms. The number of nitrogens with one attached hydrogen (secondary N) is 1.